The normalized spacial score (nSPS) is 11.3. The van der Waals surface area contributed by atoms with Crippen molar-refractivity contribution in [2.75, 3.05) is 0 Å². The molecule has 0 unspecified atom stereocenters. The Morgan fingerprint density at radius 2 is 1.08 bits per heavy atom. The summed E-state index contributed by atoms with van der Waals surface area (Å²) in [6.07, 6.45) is 6.17. The van der Waals surface area contributed by atoms with E-state index in [2.05, 4.69) is 165 Å². The maximum absolute atomic E-state index is 5.21. The Labute approximate surface area is 311 Å². The van der Waals surface area contributed by atoms with E-state index in [-0.39, 0.29) is 0 Å². The summed E-state index contributed by atoms with van der Waals surface area (Å²) < 4.78 is 0. The third kappa shape index (κ3) is 6.85. The smallest absolute Gasteiger partial charge is 0.160 e. The SMILES string of the molecule is C=Cc1c(/C=C\C)ccc2ccc(-c3cc(-c4ccc(-c5ccc(C)nc5C)cc4)cc(-c4nc(-c5ccccc5)cc(-c5ccccc5)n4)c3)cc12. The highest BCUT2D eigenvalue weighted by molar-refractivity contribution is 5.97. The zero-order valence-electron chi connectivity index (χ0n) is 30.2. The van der Waals surface area contributed by atoms with Gasteiger partial charge in [-0.3, -0.25) is 4.98 Å². The number of benzene rings is 6. The van der Waals surface area contributed by atoms with Crippen molar-refractivity contribution < 1.29 is 0 Å². The van der Waals surface area contributed by atoms with Crippen molar-refractivity contribution in [2.24, 2.45) is 0 Å². The second-order valence-electron chi connectivity index (χ2n) is 13.4. The van der Waals surface area contributed by atoms with E-state index in [1.165, 1.54) is 10.8 Å². The van der Waals surface area contributed by atoms with Crippen molar-refractivity contribution in [2.45, 2.75) is 20.8 Å². The highest BCUT2D eigenvalue weighted by atomic mass is 14.9. The zero-order valence-corrected chi connectivity index (χ0v) is 30.2. The minimum absolute atomic E-state index is 0.675. The largest absolute Gasteiger partial charge is 0.258 e. The molecule has 6 aromatic carbocycles. The van der Waals surface area contributed by atoms with E-state index in [0.29, 0.717) is 5.82 Å². The molecule has 2 heterocycles. The van der Waals surface area contributed by atoms with Crippen LogP contribution < -0.4 is 0 Å². The number of fused-ring (bicyclic) bond motifs is 1. The molecule has 0 fully saturated rings. The Balaban J connectivity index is 1.33. The van der Waals surface area contributed by atoms with Crippen LogP contribution in [0.1, 0.15) is 29.4 Å². The Bertz CT molecular complexity index is 2580. The van der Waals surface area contributed by atoms with Crippen LogP contribution in [0.2, 0.25) is 0 Å². The van der Waals surface area contributed by atoms with Gasteiger partial charge in [0.25, 0.3) is 0 Å². The molecule has 0 amide bonds. The number of rotatable bonds is 8. The summed E-state index contributed by atoms with van der Waals surface area (Å²) >= 11 is 0. The molecule has 3 nitrogen and oxygen atoms in total. The maximum Gasteiger partial charge on any atom is 0.160 e. The average Bonchev–Trinajstić information content (AvgIpc) is 3.21. The van der Waals surface area contributed by atoms with Gasteiger partial charge in [0.1, 0.15) is 0 Å². The fraction of sp³-hybridized carbons (Fsp3) is 0.0600. The van der Waals surface area contributed by atoms with Crippen molar-refractivity contribution in [3.05, 3.63) is 187 Å². The molecule has 0 atom stereocenters. The van der Waals surface area contributed by atoms with Gasteiger partial charge in [-0.25, -0.2) is 9.97 Å². The lowest BCUT2D eigenvalue weighted by molar-refractivity contribution is 1.13. The third-order valence-corrected chi connectivity index (χ3v) is 9.79. The van der Waals surface area contributed by atoms with Crippen molar-refractivity contribution in [1.82, 2.24) is 15.0 Å². The van der Waals surface area contributed by atoms with Crippen molar-refractivity contribution >= 4 is 22.9 Å². The van der Waals surface area contributed by atoms with E-state index in [9.17, 15) is 0 Å². The first-order valence-electron chi connectivity index (χ1n) is 18.0. The van der Waals surface area contributed by atoms with Gasteiger partial charge in [0.05, 0.1) is 11.4 Å². The van der Waals surface area contributed by atoms with E-state index in [0.717, 1.165) is 84.0 Å². The van der Waals surface area contributed by atoms with Gasteiger partial charge in [0, 0.05) is 33.6 Å². The van der Waals surface area contributed by atoms with Gasteiger partial charge in [0.2, 0.25) is 0 Å². The molecule has 0 aliphatic rings. The van der Waals surface area contributed by atoms with Crippen molar-refractivity contribution in [3.8, 4) is 67.3 Å². The number of allylic oxidation sites excluding steroid dienone is 1. The van der Waals surface area contributed by atoms with Crippen LogP contribution in [0.5, 0.6) is 0 Å². The number of aromatic nitrogens is 3. The fourth-order valence-corrected chi connectivity index (χ4v) is 7.11. The monoisotopic (exact) mass is 681 g/mol. The second-order valence-corrected chi connectivity index (χ2v) is 13.4. The predicted molar refractivity (Wildman–Crippen MR) is 224 cm³/mol. The first-order chi connectivity index (χ1) is 26.0. The molecular weight excluding hydrogens is 643 g/mol. The third-order valence-electron chi connectivity index (χ3n) is 9.79. The number of pyridine rings is 1. The Morgan fingerprint density at radius 3 is 1.70 bits per heavy atom. The zero-order chi connectivity index (χ0) is 36.3. The molecule has 0 saturated carbocycles. The van der Waals surface area contributed by atoms with Crippen LogP contribution in [0.25, 0.3) is 90.2 Å². The van der Waals surface area contributed by atoms with Crippen LogP contribution in [0.3, 0.4) is 0 Å². The van der Waals surface area contributed by atoms with Crippen LogP contribution in [0, 0.1) is 13.8 Å². The molecule has 0 saturated heterocycles. The van der Waals surface area contributed by atoms with Crippen molar-refractivity contribution in [3.63, 3.8) is 0 Å². The van der Waals surface area contributed by atoms with Crippen LogP contribution in [0.15, 0.2) is 164 Å². The fourth-order valence-electron chi connectivity index (χ4n) is 7.11. The molecule has 8 aromatic rings. The standard InChI is InChI=1S/C50H39N3/c1-5-13-36-23-24-38-25-26-41(31-47(38)45(36)6-2)43-28-42(35-19-21-37(22-20-35)46-27-18-33(3)51-34(46)4)29-44(30-43)50-52-48(39-14-9-7-10-15-39)32-49(53-50)40-16-11-8-12-17-40/h5-32H,2H2,1,3-4H3/b13-5-. The molecule has 0 aliphatic carbocycles. The molecule has 0 bridgehead atoms. The number of hydrogen-bond donors (Lipinski definition) is 0. The summed E-state index contributed by atoms with van der Waals surface area (Å²) in [6, 6.07) is 53.5. The summed E-state index contributed by atoms with van der Waals surface area (Å²) in [5, 5.41) is 2.34. The average molecular weight is 682 g/mol. The highest BCUT2D eigenvalue weighted by Crippen LogP contribution is 2.37. The molecule has 2 aromatic heterocycles. The Hall–Kier alpha value is -6.71. The molecule has 8 rings (SSSR count). The lowest BCUT2D eigenvalue weighted by atomic mass is 9.91. The van der Waals surface area contributed by atoms with Crippen LogP contribution in [-0.2, 0) is 0 Å². The van der Waals surface area contributed by atoms with Gasteiger partial charge in [-0.05, 0) is 107 Å². The molecule has 3 heteroatoms. The highest BCUT2D eigenvalue weighted by Gasteiger charge is 2.15. The van der Waals surface area contributed by atoms with E-state index in [1.807, 2.05) is 32.1 Å². The van der Waals surface area contributed by atoms with E-state index in [1.54, 1.807) is 0 Å². The van der Waals surface area contributed by atoms with Crippen molar-refractivity contribution in [1.29, 1.82) is 0 Å². The van der Waals surface area contributed by atoms with Crippen LogP contribution in [-0.4, -0.2) is 15.0 Å². The molecule has 0 N–H and O–H groups in total. The molecule has 0 aliphatic heterocycles. The number of aryl methyl sites for hydroxylation is 2. The molecule has 0 radical (unpaired) electrons. The summed E-state index contributed by atoms with van der Waals surface area (Å²) in [7, 11) is 0. The molecule has 53 heavy (non-hydrogen) atoms. The van der Waals surface area contributed by atoms with Gasteiger partial charge < -0.3 is 0 Å². The predicted octanol–water partition coefficient (Wildman–Crippen LogP) is 13.3. The van der Waals surface area contributed by atoms with E-state index < -0.39 is 0 Å². The quantitative estimate of drug-likeness (QED) is 0.160. The Morgan fingerprint density at radius 1 is 0.491 bits per heavy atom. The first kappa shape index (κ1) is 33.4. The minimum Gasteiger partial charge on any atom is -0.258 e. The summed E-state index contributed by atoms with van der Waals surface area (Å²) in [4.78, 5) is 15.1. The molecular formula is C50H39N3. The molecule has 254 valence electrons. The van der Waals surface area contributed by atoms with E-state index in [4.69, 9.17) is 15.0 Å². The summed E-state index contributed by atoms with van der Waals surface area (Å²) in [5.41, 5.74) is 15.8. The summed E-state index contributed by atoms with van der Waals surface area (Å²) in [5.74, 6) is 0.675. The topological polar surface area (TPSA) is 38.7 Å². The lowest BCUT2D eigenvalue weighted by Gasteiger charge is -2.14. The van der Waals surface area contributed by atoms with Gasteiger partial charge in [-0.15, -0.1) is 0 Å². The number of hydrogen-bond acceptors (Lipinski definition) is 3. The Kier molecular flexibility index (Phi) is 9.14. The van der Waals surface area contributed by atoms with Gasteiger partial charge in [0.15, 0.2) is 5.82 Å². The number of nitrogens with zero attached hydrogens (tertiary/aromatic N) is 3. The van der Waals surface area contributed by atoms with Crippen LogP contribution in [0.4, 0.5) is 0 Å². The van der Waals surface area contributed by atoms with Crippen LogP contribution >= 0.6 is 0 Å². The van der Waals surface area contributed by atoms with Gasteiger partial charge in [-0.2, -0.15) is 0 Å². The molecule has 0 spiro atoms. The maximum atomic E-state index is 5.21. The van der Waals surface area contributed by atoms with E-state index >= 15 is 0 Å². The second kappa shape index (κ2) is 14.5. The first-order valence-corrected chi connectivity index (χ1v) is 18.0. The lowest BCUT2D eigenvalue weighted by Crippen LogP contribution is -1.97. The summed E-state index contributed by atoms with van der Waals surface area (Å²) in [6.45, 7) is 10.3. The van der Waals surface area contributed by atoms with Gasteiger partial charge in [-0.1, -0.05) is 140 Å². The van der Waals surface area contributed by atoms with Gasteiger partial charge >= 0.3 is 0 Å². The minimum atomic E-state index is 0.675.